The summed E-state index contributed by atoms with van der Waals surface area (Å²) in [6, 6.07) is 8.15. The number of fused-ring (bicyclic) bond motifs is 1. The highest BCUT2D eigenvalue weighted by atomic mass is 19.3. The fourth-order valence-corrected chi connectivity index (χ4v) is 5.22. The van der Waals surface area contributed by atoms with Gasteiger partial charge in [-0.25, -0.2) is 18.7 Å². The lowest BCUT2D eigenvalue weighted by atomic mass is 9.99. The van der Waals surface area contributed by atoms with Crippen LogP contribution in [0, 0.1) is 5.92 Å². The molecule has 2 aliphatic heterocycles. The van der Waals surface area contributed by atoms with Gasteiger partial charge in [-0.1, -0.05) is 29.4 Å². The van der Waals surface area contributed by atoms with E-state index in [4.69, 9.17) is 5.21 Å². The number of carbonyl (C=O) groups is 2. The van der Waals surface area contributed by atoms with Crippen molar-refractivity contribution in [2.24, 2.45) is 11.1 Å². The summed E-state index contributed by atoms with van der Waals surface area (Å²) in [6.45, 7) is 1.18. The molecule has 13 heteroatoms. The predicted molar refractivity (Wildman–Crippen MR) is 141 cm³/mol. The zero-order valence-electron chi connectivity index (χ0n) is 22.0. The summed E-state index contributed by atoms with van der Waals surface area (Å²) in [6.07, 6.45) is 2.55. The van der Waals surface area contributed by atoms with Crippen LogP contribution in [-0.2, 0) is 17.8 Å². The summed E-state index contributed by atoms with van der Waals surface area (Å²) in [7, 11) is 0. The molecular formula is C27H33F2N7O4. The van der Waals surface area contributed by atoms with Crippen LogP contribution < -0.4 is 10.6 Å². The number of β-amino-alcohol motifs (C(OH)–C–C–N with tert-alkyl or cyclic N) is 1. The summed E-state index contributed by atoms with van der Waals surface area (Å²) in [5.41, 5.74) is 2.45. The number of aliphatic hydroxyl groups excluding tert-OH is 1. The van der Waals surface area contributed by atoms with Crippen LogP contribution in [0.4, 0.5) is 14.6 Å². The van der Waals surface area contributed by atoms with Gasteiger partial charge in [-0.15, -0.1) is 0 Å². The van der Waals surface area contributed by atoms with Crippen LogP contribution in [0.15, 0.2) is 41.8 Å². The van der Waals surface area contributed by atoms with Gasteiger partial charge in [0, 0.05) is 44.7 Å². The molecule has 2 atom stereocenters. The molecule has 1 aromatic carbocycles. The fraction of sp³-hybridized carbons (Fsp3) is 0.519. The fourth-order valence-electron chi connectivity index (χ4n) is 5.22. The summed E-state index contributed by atoms with van der Waals surface area (Å²) in [5, 5.41) is 28.0. The van der Waals surface area contributed by atoms with Crippen molar-refractivity contribution in [3.8, 4) is 0 Å². The first-order valence-corrected chi connectivity index (χ1v) is 13.5. The van der Waals surface area contributed by atoms with Crippen molar-refractivity contribution < 1.29 is 28.7 Å². The van der Waals surface area contributed by atoms with Crippen molar-refractivity contribution >= 4 is 23.3 Å². The van der Waals surface area contributed by atoms with Gasteiger partial charge in [0.1, 0.15) is 23.6 Å². The van der Waals surface area contributed by atoms with Crippen molar-refractivity contribution in [3.05, 3.63) is 53.5 Å². The Morgan fingerprint density at radius 3 is 2.65 bits per heavy atom. The molecule has 1 saturated heterocycles. The first kappa shape index (κ1) is 27.8. The van der Waals surface area contributed by atoms with Crippen LogP contribution in [0.3, 0.4) is 0 Å². The second-order valence-electron chi connectivity index (χ2n) is 10.6. The summed E-state index contributed by atoms with van der Waals surface area (Å²) < 4.78 is 30.0. The number of nitrogens with zero attached hydrogens (tertiary/aromatic N) is 5. The highest BCUT2D eigenvalue weighted by Crippen LogP contribution is 2.34. The van der Waals surface area contributed by atoms with Gasteiger partial charge < -0.3 is 25.8 Å². The molecule has 0 bridgehead atoms. The van der Waals surface area contributed by atoms with Crippen molar-refractivity contribution in [1.29, 1.82) is 0 Å². The molecule has 5 rings (SSSR count). The Labute approximate surface area is 230 Å². The molecule has 0 spiro atoms. The van der Waals surface area contributed by atoms with Crippen molar-refractivity contribution in [3.63, 3.8) is 0 Å². The van der Waals surface area contributed by atoms with Crippen molar-refractivity contribution in [2.45, 2.75) is 50.3 Å². The molecule has 1 aromatic heterocycles. The van der Waals surface area contributed by atoms with Crippen LogP contribution in [0.1, 0.15) is 40.9 Å². The van der Waals surface area contributed by atoms with Crippen LogP contribution >= 0.6 is 0 Å². The van der Waals surface area contributed by atoms with Gasteiger partial charge in [-0.2, -0.15) is 0 Å². The van der Waals surface area contributed by atoms with Gasteiger partial charge >= 0.3 is 0 Å². The summed E-state index contributed by atoms with van der Waals surface area (Å²) >= 11 is 0. The largest absolute Gasteiger partial charge is 0.410 e. The second-order valence-corrected chi connectivity index (χ2v) is 10.6. The number of likely N-dealkylation sites (tertiary alicyclic amines) is 1. The van der Waals surface area contributed by atoms with E-state index in [1.165, 1.54) is 17.2 Å². The summed E-state index contributed by atoms with van der Waals surface area (Å²) in [4.78, 5) is 36.3. The molecule has 2 aromatic rings. The van der Waals surface area contributed by atoms with E-state index in [1.54, 1.807) is 0 Å². The molecule has 40 heavy (non-hydrogen) atoms. The topological polar surface area (TPSA) is 143 Å². The normalized spacial score (nSPS) is 21.8. The maximum Gasteiger partial charge on any atom is 0.285 e. The average Bonchev–Trinajstić information content (AvgIpc) is 3.78. The zero-order chi connectivity index (χ0) is 28.3. The predicted octanol–water partition coefficient (Wildman–Crippen LogP) is 1.51. The Balaban J connectivity index is 1.11. The number of benzene rings is 1. The van der Waals surface area contributed by atoms with Gasteiger partial charge in [0.05, 0.1) is 18.7 Å². The number of amides is 2. The van der Waals surface area contributed by atoms with E-state index < -0.39 is 36.4 Å². The highest BCUT2D eigenvalue weighted by molar-refractivity contribution is 6.40. The van der Waals surface area contributed by atoms with E-state index >= 15 is 0 Å². The number of hydrogen-bond donors (Lipinski definition) is 4. The first-order valence-electron chi connectivity index (χ1n) is 13.5. The zero-order valence-corrected chi connectivity index (χ0v) is 22.0. The number of rotatable bonds is 9. The van der Waals surface area contributed by atoms with E-state index in [0.717, 1.165) is 30.7 Å². The number of alkyl halides is 2. The lowest BCUT2D eigenvalue weighted by Gasteiger charge is -2.38. The minimum Gasteiger partial charge on any atom is -0.410 e. The van der Waals surface area contributed by atoms with Crippen LogP contribution in [0.5, 0.6) is 0 Å². The smallest absolute Gasteiger partial charge is 0.285 e. The SMILES string of the molecule is O=C(NCC(O)CN1CCc2ccccc2C1)c1cc(NC2CCN(C(=O)C(=NO)C3CC3)CC2(F)F)ncn1. The number of carbonyl (C=O) groups excluding carboxylic acids is 2. The summed E-state index contributed by atoms with van der Waals surface area (Å²) in [5.74, 6) is -4.64. The van der Waals surface area contributed by atoms with Gasteiger partial charge in [0.15, 0.2) is 0 Å². The number of aliphatic hydroxyl groups is 1. The number of halogens is 2. The lowest BCUT2D eigenvalue weighted by Crippen LogP contribution is -2.57. The molecule has 3 heterocycles. The van der Waals surface area contributed by atoms with E-state index in [-0.39, 0.29) is 42.7 Å². The third-order valence-corrected chi connectivity index (χ3v) is 7.58. The van der Waals surface area contributed by atoms with Crippen LogP contribution in [0.25, 0.3) is 0 Å². The highest BCUT2D eigenvalue weighted by Gasteiger charge is 2.48. The average molecular weight is 558 g/mol. The molecule has 3 aliphatic rings. The molecule has 0 radical (unpaired) electrons. The van der Waals surface area contributed by atoms with E-state index in [0.29, 0.717) is 19.4 Å². The van der Waals surface area contributed by atoms with Gasteiger partial charge in [0.25, 0.3) is 17.7 Å². The molecule has 2 amide bonds. The van der Waals surface area contributed by atoms with Crippen molar-refractivity contribution in [1.82, 2.24) is 25.1 Å². The second kappa shape index (κ2) is 11.8. The van der Waals surface area contributed by atoms with Crippen LogP contribution in [0.2, 0.25) is 0 Å². The number of oxime groups is 1. The minimum atomic E-state index is -3.29. The Bertz CT molecular complexity index is 1270. The van der Waals surface area contributed by atoms with Crippen LogP contribution in [-0.4, -0.2) is 98.4 Å². The Morgan fingerprint density at radius 1 is 1.15 bits per heavy atom. The van der Waals surface area contributed by atoms with Gasteiger partial charge in [0.2, 0.25) is 0 Å². The first-order chi connectivity index (χ1) is 19.2. The third-order valence-electron chi connectivity index (χ3n) is 7.58. The molecule has 1 aliphatic carbocycles. The molecule has 2 unspecified atom stereocenters. The standard InChI is InChI=1S/C27H33F2N7O4/c28-27(29)15-36(26(39)24(34-40)18-5-6-18)10-8-22(27)33-23-11-21(31-16-32-23)25(38)30-12-20(37)14-35-9-7-17-3-1-2-4-19(17)13-35/h1-4,11,16,18,20,22,37,40H,5-10,12-15H2,(H,30,38)(H,31,32,33). The lowest BCUT2D eigenvalue weighted by molar-refractivity contribution is -0.136. The molecule has 1 saturated carbocycles. The molecule has 4 N–H and O–H groups in total. The number of anilines is 1. The molecule has 11 nitrogen and oxygen atoms in total. The van der Waals surface area contributed by atoms with E-state index in [1.807, 2.05) is 12.1 Å². The number of piperidine rings is 1. The maximum atomic E-state index is 15.0. The Hall–Kier alpha value is -3.71. The molecule has 214 valence electrons. The quantitative estimate of drug-likeness (QED) is 0.207. The maximum absolute atomic E-state index is 15.0. The van der Waals surface area contributed by atoms with Crippen molar-refractivity contribution in [2.75, 3.05) is 38.0 Å². The van der Waals surface area contributed by atoms with E-state index in [9.17, 15) is 23.5 Å². The Morgan fingerprint density at radius 2 is 1.93 bits per heavy atom. The Kier molecular flexibility index (Phi) is 8.22. The molecule has 2 fully saturated rings. The van der Waals surface area contributed by atoms with E-state index in [2.05, 4.69) is 42.8 Å². The number of nitrogens with one attached hydrogen (secondary N) is 2. The van der Waals surface area contributed by atoms with Gasteiger partial charge in [-0.05, 0) is 36.8 Å². The molecular weight excluding hydrogens is 524 g/mol. The van der Waals surface area contributed by atoms with Gasteiger partial charge in [-0.3, -0.25) is 14.5 Å². The third kappa shape index (κ3) is 6.53. The number of hydrogen-bond acceptors (Lipinski definition) is 9. The monoisotopic (exact) mass is 557 g/mol. The number of aromatic nitrogens is 2. The minimum absolute atomic E-state index is 0.00823.